The lowest BCUT2D eigenvalue weighted by Gasteiger charge is -2.08. The quantitative estimate of drug-likeness (QED) is 0.671. The van der Waals surface area contributed by atoms with Gasteiger partial charge >= 0.3 is 5.69 Å². The predicted molar refractivity (Wildman–Crippen MR) is 70.1 cm³/mol. The highest BCUT2D eigenvalue weighted by atomic mass is 19.1. The van der Waals surface area contributed by atoms with E-state index in [0.717, 1.165) is 11.6 Å². The maximum absolute atomic E-state index is 13.7. The molecule has 2 aromatic rings. The Balaban J connectivity index is 2.34. The van der Waals surface area contributed by atoms with Gasteiger partial charge in [0, 0.05) is 18.8 Å². The van der Waals surface area contributed by atoms with Crippen molar-refractivity contribution in [3.8, 4) is 11.5 Å². The summed E-state index contributed by atoms with van der Waals surface area (Å²) in [5, 5.41) is 13.8. The van der Waals surface area contributed by atoms with Crippen molar-refractivity contribution < 1.29 is 14.1 Å². The average molecular weight is 277 g/mol. The largest absolute Gasteiger partial charge is 0.445 e. The zero-order chi connectivity index (χ0) is 14.5. The van der Waals surface area contributed by atoms with E-state index in [1.165, 1.54) is 18.3 Å². The molecule has 2 rings (SSSR count). The summed E-state index contributed by atoms with van der Waals surface area (Å²) in [6.07, 6.45) is 2.99. The molecule has 0 unspecified atom stereocenters. The van der Waals surface area contributed by atoms with Crippen LogP contribution in [0.3, 0.4) is 0 Å². The van der Waals surface area contributed by atoms with E-state index in [1.807, 2.05) is 0 Å². The molecule has 0 bridgehead atoms. The topological polar surface area (TPSA) is 77.3 Å². The summed E-state index contributed by atoms with van der Waals surface area (Å²) in [5.41, 5.74) is 0.396. The molecule has 0 saturated carbocycles. The molecule has 104 valence electrons. The fourth-order valence-corrected chi connectivity index (χ4v) is 1.68. The van der Waals surface area contributed by atoms with Crippen LogP contribution in [-0.4, -0.2) is 17.0 Å². The van der Waals surface area contributed by atoms with Crippen molar-refractivity contribution in [2.75, 3.05) is 7.05 Å². The van der Waals surface area contributed by atoms with Crippen molar-refractivity contribution in [1.82, 2.24) is 10.3 Å². The monoisotopic (exact) mass is 277 g/mol. The van der Waals surface area contributed by atoms with E-state index >= 15 is 0 Å². The Morgan fingerprint density at radius 2 is 2.25 bits per heavy atom. The number of benzene rings is 1. The minimum Gasteiger partial charge on any atom is -0.445 e. The maximum Gasteiger partial charge on any atom is 0.314 e. The number of ether oxygens (including phenoxy) is 1. The minimum atomic E-state index is -0.793. The number of nitro benzene ring substituents is 1. The number of hydrogen-bond donors (Lipinski definition) is 1. The Morgan fingerprint density at radius 1 is 1.45 bits per heavy atom. The van der Waals surface area contributed by atoms with Crippen LogP contribution in [0.1, 0.15) is 5.56 Å². The Labute approximate surface area is 114 Å². The Hall–Kier alpha value is -2.54. The van der Waals surface area contributed by atoms with Crippen molar-refractivity contribution in [3.63, 3.8) is 0 Å². The molecule has 0 radical (unpaired) electrons. The van der Waals surface area contributed by atoms with Crippen molar-refractivity contribution in [2.45, 2.75) is 6.54 Å². The SMILES string of the molecule is CNCc1cncc(Oc2c(F)cccc2[N+](=O)[O-])c1. The number of pyridine rings is 1. The summed E-state index contributed by atoms with van der Waals surface area (Å²) in [5.74, 6) is -0.968. The highest BCUT2D eigenvalue weighted by Crippen LogP contribution is 2.33. The highest BCUT2D eigenvalue weighted by molar-refractivity contribution is 5.49. The standard InChI is InChI=1S/C13H12FN3O3/c1-15-6-9-5-10(8-16-7-9)20-13-11(14)3-2-4-12(13)17(18)19/h2-5,7-8,15H,6H2,1H3. The first-order chi connectivity index (χ1) is 9.61. The molecule has 1 aromatic heterocycles. The molecule has 0 aliphatic rings. The van der Waals surface area contributed by atoms with Gasteiger partial charge in [0.15, 0.2) is 5.82 Å². The minimum absolute atomic E-state index is 0.242. The fourth-order valence-electron chi connectivity index (χ4n) is 1.68. The van der Waals surface area contributed by atoms with Crippen molar-refractivity contribution in [2.24, 2.45) is 0 Å². The molecule has 7 heteroatoms. The fraction of sp³-hybridized carbons (Fsp3) is 0.154. The molecule has 20 heavy (non-hydrogen) atoms. The second kappa shape index (κ2) is 6.07. The summed E-state index contributed by atoms with van der Waals surface area (Å²) in [6.45, 7) is 0.559. The van der Waals surface area contributed by atoms with Gasteiger partial charge in [0.05, 0.1) is 11.1 Å². The number of halogens is 1. The Morgan fingerprint density at radius 3 is 2.95 bits per heavy atom. The third-order valence-corrected chi connectivity index (χ3v) is 2.51. The Bertz CT molecular complexity index is 634. The van der Waals surface area contributed by atoms with Gasteiger partial charge < -0.3 is 10.1 Å². The third-order valence-electron chi connectivity index (χ3n) is 2.51. The summed E-state index contributed by atoms with van der Waals surface area (Å²) in [4.78, 5) is 14.1. The van der Waals surface area contributed by atoms with Gasteiger partial charge in [-0.1, -0.05) is 6.07 Å². The van der Waals surface area contributed by atoms with E-state index < -0.39 is 22.2 Å². The lowest BCUT2D eigenvalue weighted by Crippen LogP contribution is -2.05. The molecular weight excluding hydrogens is 265 g/mol. The molecule has 0 spiro atoms. The normalized spacial score (nSPS) is 10.3. The van der Waals surface area contributed by atoms with Crippen LogP contribution in [0.15, 0.2) is 36.7 Å². The molecule has 0 aliphatic carbocycles. The zero-order valence-corrected chi connectivity index (χ0v) is 10.7. The van der Waals surface area contributed by atoms with E-state index in [4.69, 9.17) is 4.74 Å². The number of rotatable bonds is 5. The molecule has 0 aliphatic heterocycles. The molecule has 0 atom stereocenters. The van der Waals surface area contributed by atoms with Crippen LogP contribution in [-0.2, 0) is 6.54 Å². The molecule has 1 N–H and O–H groups in total. The number of aromatic nitrogens is 1. The molecule has 6 nitrogen and oxygen atoms in total. The summed E-state index contributed by atoms with van der Waals surface area (Å²) in [6, 6.07) is 5.19. The number of nitrogens with zero attached hydrogens (tertiary/aromatic N) is 2. The van der Waals surface area contributed by atoms with E-state index in [0.29, 0.717) is 6.54 Å². The molecular formula is C13H12FN3O3. The molecule has 1 heterocycles. The van der Waals surface area contributed by atoms with Crippen LogP contribution < -0.4 is 10.1 Å². The summed E-state index contributed by atoms with van der Waals surface area (Å²) in [7, 11) is 1.77. The van der Waals surface area contributed by atoms with Crippen molar-refractivity contribution >= 4 is 5.69 Å². The molecule has 0 saturated heterocycles. The van der Waals surface area contributed by atoms with Gasteiger partial charge in [0.25, 0.3) is 0 Å². The lowest BCUT2D eigenvalue weighted by atomic mass is 10.2. The van der Waals surface area contributed by atoms with Crippen LogP contribution in [0, 0.1) is 15.9 Å². The second-order valence-electron chi connectivity index (χ2n) is 4.01. The third kappa shape index (κ3) is 3.07. The second-order valence-corrected chi connectivity index (χ2v) is 4.01. The van der Waals surface area contributed by atoms with Gasteiger partial charge in [-0.25, -0.2) is 4.39 Å². The Kier molecular flexibility index (Phi) is 4.21. The number of nitrogens with one attached hydrogen (secondary N) is 1. The number of nitro groups is 1. The summed E-state index contributed by atoms with van der Waals surface area (Å²) >= 11 is 0. The average Bonchev–Trinajstić information content (AvgIpc) is 2.41. The first-order valence-electron chi connectivity index (χ1n) is 5.81. The highest BCUT2D eigenvalue weighted by Gasteiger charge is 2.20. The smallest absolute Gasteiger partial charge is 0.314 e. The van der Waals surface area contributed by atoms with E-state index in [2.05, 4.69) is 10.3 Å². The van der Waals surface area contributed by atoms with Crippen molar-refractivity contribution in [1.29, 1.82) is 0 Å². The lowest BCUT2D eigenvalue weighted by molar-refractivity contribution is -0.385. The zero-order valence-electron chi connectivity index (χ0n) is 10.7. The first kappa shape index (κ1) is 13.9. The van der Waals surface area contributed by atoms with Crippen LogP contribution in [0.4, 0.5) is 10.1 Å². The van der Waals surface area contributed by atoms with Crippen molar-refractivity contribution in [3.05, 3.63) is 58.2 Å². The number of hydrogen-bond acceptors (Lipinski definition) is 5. The van der Waals surface area contributed by atoms with Crippen LogP contribution in [0.2, 0.25) is 0 Å². The van der Waals surface area contributed by atoms with Crippen LogP contribution in [0.25, 0.3) is 0 Å². The molecule has 0 amide bonds. The first-order valence-corrected chi connectivity index (χ1v) is 5.81. The van der Waals surface area contributed by atoms with E-state index in [9.17, 15) is 14.5 Å². The van der Waals surface area contributed by atoms with Gasteiger partial charge in [-0.05, 0) is 24.7 Å². The van der Waals surface area contributed by atoms with Gasteiger partial charge in [0.2, 0.25) is 5.75 Å². The van der Waals surface area contributed by atoms with Gasteiger partial charge in [-0.2, -0.15) is 0 Å². The summed E-state index contributed by atoms with van der Waals surface area (Å²) < 4.78 is 19.0. The van der Waals surface area contributed by atoms with Gasteiger partial charge in [0.1, 0.15) is 5.75 Å². The van der Waals surface area contributed by atoms with E-state index in [-0.39, 0.29) is 5.75 Å². The maximum atomic E-state index is 13.7. The molecule has 1 aromatic carbocycles. The van der Waals surface area contributed by atoms with E-state index in [1.54, 1.807) is 19.3 Å². The van der Waals surface area contributed by atoms with Crippen LogP contribution >= 0.6 is 0 Å². The predicted octanol–water partition coefficient (Wildman–Crippen LogP) is 2.64. The van der Waals surface area contributed by atoms with Gasteiger partial charge in [-0.15, -0.1) is 0 Å². The van der Waals surface area contributed by atoms with Gasteiger partial charge in [-0.3, -0.25) is 15.1 Å². The molecule has 0 fully saturated rings. The number of para-hydroxylation sites is 1. The van der Waals surface area contributed by atoms with Crippen LogP contribution in [0.5, 0.6) is 11.5 Å².